The van der Waals surface area contributed by atoms with Crippen molar-refractivity contribution in [1.82, 2.24) is 5.32 Å². The van der Waals surface area contributed by atoms with Gasteiger partial charge in [0.1, 0.15) is 0 Å². The van der Waals surface area contributed by atoms with Gasteiger partial charge in [-0.1, -0.05) is 38.5 Å². The Balaban J connectivity index is 2.11. The van der Waals surface area contributed by atoms with Crippen LogP contribution in [0.15, 0.2) is 18.2 Å². The number of hydrogen-bond acceptors (Lipinski definition) is 2. The largest absolute Gasteiger partial charge is 0.371 e. The molecule has 0 aromatic heterocycles. The zero-order valence-electron chi connectivity index (χ0n) is 12.9. The Hall–Kier alpha value is -1.02. The van der Waals surface area contributed by atoms with E-state index in [-0.39, 0.29) is 0 Å². The van der Waals surface area contributed by atoms with Gasteiger partial charge < -0.3 is 10.2 Å². The quantitative estimate of drug-likeness (QED) is 0.873. The zero-order valence-corrected chi connectivity index (χ0v) is 12.9. The first-order chi connectivity index (χ1) is 9.02. The summed E-state index contributed by atoms with van der Waals surface area (Å²) < 4.78 is 0. The maximum Gasteiger partial charge on any atom is 0.0399 e. The summed E-state index contributed by atoms with van der Waals surface area (Å²) in [5, 5.41) is 3.48. The molecule has 1 aromatic carbocycles. The summed E-state index contributed by atoms with van der Waals surface area (Å²) >= 11 is 0. The SMILES string of the molecule is CCNCC(C)(C)CN1CCCc2cc(C)ccc21. The molecule has 1 heterocycles. The highest BCUT2D eigenvalue weighted by molar-refractivity contribution is 5.56. The predicted octanol–water partition coefficient (Wildman–Crippen LogP) is 3.38. The van der Waals surface area contributed by atoms with Gasteiger partial charge in [-0.15, -0.1) is 0 Å². The number of hydrogen-bond donors (Lipinski definition) is 1. The number of rotatable bonds is 5. The molecule has 0 fully saturated rings. The van der Waals surface area contributed by atoms with E-state index in [1.807, 2.05) is 0 Å². The number of nitrogens with one attached hydrogen (secondary N) is 1. The Bertz CT molecular complexity index is 423. The summed E-state index contributed by atoms with van der Waals surface area (Å²) in [6.07, 6.45) is 2.52. The first-order valence-electron chi connectivity index (χ1n) is 7.57. The highest BCUT2D eigenvalue weighted by Gasteiger charge is 2.24. The normalized spacial score (nSPS) is 15.5. The fourth-order valence-corrected chi connectivity index (χ4v) is 3.00. The summed E-state index contributed by atoms with van der Waals surface area (Å²) in [7, 11) is 0. The molecule has 0 unspecified atom stereocenters. The van der Waals surface area contributed by atoms with E-state index in [1.165, 1.54) is 36.2 Å². The minimum absolute atomic E-state index is 0.315. The Labute approximate surface area is 118 Å². The molecule has 0 aliphatic carbocycles. The van der Waals surface area contributed by atoms with Crippen molar-refractivity contribution in [1.29, 1.82) is 0 Å². The summed E-state index contributed by atoms with van der Waals surface area (Å²) in [5.74, 6) is 0. The van der Waals surface area contributed by atoms with Crippen LogP contribution in [-0.4, -0.2) is 26.2 Å². The predicted molar refractivity (Wildman–Crippen MR) is 84.0 cm³/mol. The maximum absolute atomic E-state index is 3.48. The molecule has 0 saturated heterocycles. The minimum Gasteiger partial charge on any atom is -0.371 e. The number of benzene rings is 1. The third kappa shape index (κ3) is 3.73. The van der Waals surface area contributed by atoms with Crippen molar-refractivity contribution in [2.24, 2.45) is 5.41 Å². The lowest BCUT2D eigenvalue weighted by molar-refractivity contribution is 0.342. The molecule has 1 aromatic rings. The van der Waals surface area contributed by atoms with Gasteiger partial charge in [0.05, 0.1) is 0 Å². The van der Waals surface area contributed by atoms with Crippen molar-refractivity contribution in [3.63, 3.8) is 0 Å². The molecule has 2 rings (SSSR count). The van der Waals surface area contributed by atoms with Gasteiger partial charge in [0, 0.05) is 25.3 Å². The third-order valence-electron chi connectivity index (χ3n) is 3.92. The maximum atomic E-state index is 3.48. The van der Waals surface area contributed by atoms with Gasteiger partial charge in [-0.2, -0.15) is 0 Å². The van der Waals surface area contributed by atoms with E-state index in [0.717, 1.165) is 19.6 Å². The molecule has 0 atom stereocenters. The monoisotopic (exact) mass is 260 g/mol. The molecule has 19 heavy (non-hydrogen) atoms. The van der Waals surface area contributed by atoms with E-state index < -0.39 is 0 Å². The van der Waals surface area contributed by atoms with Gasteiger partial charge in [0.2, 0.25) is 0 Å². The number of anilines is 1. The lowest BCUT2D eigenvalue weighted by Crippen LogP contribution is -2.42. The topological polar surface area (TPSA) is 15.3 Å². The summed E-state index contributed by atoms with van der Waals surface area (Å²) in [5.41, 5.74) is 4.69. The Morgan fingerprint density at radius 1 is 1.32 bits per heavy atom. The van der Waals surface area contributed by atoms with E-state index in [9.17, 15) is 0 Å². The van der Waals surface area contributed by atoms with Crippen LogP contribution in [0.4, 0.5) is 5.69 Å². The van der Waals surface area contributed by atoms with E-state index in [2.05, 4.69) is 56.1 Å². The van der Waals surface area contributed by atoms with Crippen molar-refractivity contribution in [3.05, 3.63) is 29.3 Å². The molecule has 1 N–H and O–H groups in total. The van der Waals surface area contributed by atoms with E-state index in [4.69, 9.17) is 0 Å². The number of fused-ring (bicyclic) bond motifs is 1. The second-order valence-corrected chi connectivity index (χ2v) is 6.60. The average Bonchev–Trinajstić information content (AvgIpc) is 2.36. The van der Waals surface area contributed by atoms with Crippen LogP contribution < -0.4 is 10.2 Å². The summed E-state index contributed by atoms with van der Waals surface area (Å²) in [6.45, 7) is 13.6. The molecule has 0 radical (unpaired) electrons. The van der Waals surface area contributed by atoms with Gasteiger partial charge in [-0.3, -0.25) is 0 Å². The van der Waals surface area contributed by atoms with Crippen molar-refractivity contribution < 1.29 is 0 Å². The van der Waals surface area contributed by atoms with Gasteiger partial charge in [0.15, 0.2) is 0 Å². The van der Waals surface area contributed by atoms with Crippen molar-refractivity contribution >= 4 is 5.69 Å². The second kappa shape index (κ2) is 5.96. The third-order valence-corrected chi connectivity index (χ3v) is 3.92. The van der Waals surface area contributed by atoms with Crippen LogP contribution in [-0.2, 0) is 6.42 Å². The van der Waals surface area contributed by atoms with Gasteiger partial charge in [-0.25, -0.2) is 0 Å². The van der Waals surface area contributed by atoms with Crippen LogP contribution in [0.2, 0.25) is 0 Å². The fourth-order valence-electron chi connectivity index (χ4n) is 3.00. The average molecular weight is 260 g/mol. The first kappa shape index (κ1) is 14.4. The van der Waals surface area contributed by atoms with Crippen molar-refractivity contribution in [2.45, 2.75) is 40.5 Å². The molecule has 1 aliphatic heterocycles. The molecule has 0 saturated carbocycles. The lowest BCUT2D eigenvalue weighted by atomic mass is 9.90. The van der Waals surface area contributed by atoms with E-state index >= 15 is 0 Å². The molecular weight excluding hydrogens is 232 g/mol. The van der Waals surface area contributed by atoms with Crippen LogP contribution in [0, 0.1) is 12.3 Å². The van der Waals surface area contributed by atoms with Gasteiger partial charge in [0.25, 0.3) is 0 Å². The molecule has 106 valence electrons. The Morgan fingerprint density at radius 2 is 2.11 bits per heavy atom. The first-order valence-corrected chi connectivity index (χ1v) is 7.57. The summed E-state index contributed by atoms with van der Waals surface area (Å²) in [6, 6.07) is 6.92. The summed E-state index contributed by atoms with van der Waals surface area (Å²) in [4.78, 5) is 2.58. The molecule has 2 nitrogen and oxygen atoms in total. The van der Waals surface area contributed by atoms with Crippen LogP contribution in [0.1, 0.15) is 38.3 Å². The standard InChI is InChI=1S/C17H28N2/c1-5-18-12-17(3,4)13-19-10-6-7-15-11-14(2)8-9-16(15)19/h8-9,11,18H,5-7,10,12-13H2,1-4H3. The van der Waals surface area contributed by atoms with Crippen LogP contribution >= 0.6 is 0 Å². The number of nitrogens with zero attached hydrogens (tertiary/aromatic N) is 1. The van der Waals surface area contributed by atoms with Crippen LogP contribution in [0.25, 0.3) is 0 Å². The smallest absolute Gasteiger partial charge is 0.0399 e. The van der Waals surface area contributed by atoms with E-state index in [0.29, 0.717) is 5.41 Å². The molecule has 0 spiro atoms. The molecule has 0 bridgehead atoms. The lowest BCUT2D eigenvalue weighted by Gasteiger charge is -2.38. The molecule has 2 heteroatoms. The molecule has 1 aliphatic rings. The van der Waals surface area contributed by atoms with E-state index in [1.54, 1.807) is 0 Å². The second-order valence-electron chi connectivity index (χ2n) is 6.60. The van der Waals surface area contributed by atoms with Crippen LogP contribution in [0.3, 0.4) is 0 Å². The van der Waals surface area contributed by atoms with Crippen LogP contribution in [0.5, 0.6) is 0 Å². The van der Waals surface area contributed by atoms with Gasteiger partial charge >= 0.3 is 0 Å². The minimum atomic E-state index is 0.315. The van der Waals surface area contributed by atoms with Crippen molar-refractivity contribution in [2.75, 3.05) is 31.1 Å². The molecule has 0 amide bonds. The highest BCUT2D eigenvalue weighted by Crippen LogP contribution is 2.30. The number of aryl methyl sites for hydroxylation is 2. The zero-order chi connectivity index (χ0) is 13.9. The fraction of sp³-hybridized carbons (Fsp3) is 0.647. The highest BCUT2D eigenvalue weighted by atomic mass is 15.1. The Kier molecular flexibility index (Phi) is 4.51. The van der Waals surface area contributed by atoms with Crippen molar-refractivity contribution in [3.8, 4) is 0 Å². The Morgan fingerprint density at radius 3 is 2.84 bits per heavy atom. The van der Waals surface area contributed by atoms with Gasteiger partial charge in [-0.05, 0) is 43.4 Å². The molecular formula is C17H28N2.